The van der Waals surface area contributed by atoms with Crippen molar-refractivity contribution in [2.24, 2.45) is 4.99 Å². The van der Waals surface area contributed by atoms with E-state index in [0.29, 0.717) is 0 Å². The Balaban J connectivity index is 0.00000256. The molecule has 1 saturated heterocycles. The van der Waals surface area contributed by atoms with E-state index in [0.717, 1.165) is 62.4 Å². The van der Waals surface area contributed by atoms with Crippen LogP contribution in [0.1, 0.15) is 10.4 Å². The van der Waals surface area contributed by atoms with Crippen molar-refractivity contribution in [2.75, 3.05) is 51.2 Å². The topological polar surface area (TPSA) is 51.2 Å². The SMILES string of the molecule is CN=C(NCC(=O)N1CCc2sccc2C1)N1CCN(c2cccc(Cl)c2)CC1.I. The molecule has 2 aliphatic rings. The van der Waals surface area contributed by atoms with Gasteiger partial charge in [0.05, 0.1) is 6.54 Å². The molecule has 1 amide bonds. The zero-order valence-electron chi connectivity index (χ0n) is 17.0. The number of carbonyl (C=O) groups is 1. The Bertz CT molecular complexity index is 897. The maximum absolute atomic E-state index is 12.7. The minimum Gasteiger partial charge on any atom is -0.368 e. The fourth-order valence-corrected chi connectivity index (χ4v) is 4.98. The fraction of sp³-hybridized carbons (Fsp3) is 0.429. The van der Waals surface area contributed by atoms with Crippen molar-refractivity contribution in [3.8, 4) is 0 Å². The van der Waals surface area contributed by atoms with Crippen LogP contribution in [0.15, 0.2) is 40.7 Å². The van der Waals surface area contributed by atoms with Crippen molar-refractivity contribution in [1.82, 2.24) is 15.1 Å². The lowest BCUT2D eigenvalue weighted by atomic mass is 10.1. The molecule has 3 heterocycles. The average Bonchev–Trinajstić information content (AvgIpc) is 3.22. The third kappa shape index (κ3) is 5.39. The van der Waals surface area contributed by atoms with Crippen LogP contribution in [0.2, 0.25) is 5.02 Å². The number of nitrogens with one attached hydrogen (secondary N) is 1. The van der Waals surface area contributed by atoms with Crippen LogP contribution in [0.5, 0.6) is 0 Å². The van der Waals surface area contributed by atoms with Gasteiger partial charge in [0.25, 0.3) is 0 Å². The minimum absolute atomic E-state index is 0. The van der Waals surface area contributed by atoms with Gasteiger partial charge < -0.3 is 20.0 Å². The number of guanidine groups is 1. The summed E-state index contributed by atoms with van der Waals surface area (Å²) in [5.41, 5.74) is 2.43. The number of rotatable bonds is 3. The molecular weight excluding hydrogens is 533 g/mol. The summed E-state index contributed by atoms with van der Waals surface area (Å²) in [7, 11) is 1.77. The van der Waals surface area contributed by atoms with E-state index < -0.39 is 0 Å². The summed E-state index contributed by atoms with van der Waals surface area (Å²) in [6, 6.07) is 10.1. The van der Waals surface area contributed by atoms with Crippen LogP contribution in [0.3, 0.4) is 0 Å². The number of piperazine rings is 1. The van der Waals surface area contributed by atoms with E-state index in [1.54, 1.807) is 18.4 Å². The molecule has 0 saturated carbocycles. The summed E-state index contributed by atoms with van der Waals surface area (Å²) in [6.07, 6.45) is 0.957. The van der Waals surface area contributed by atoms with Gasteiger partial charge in [-0.1, -0.05) is 17.7 Å². The highest BCUT2D eigenvalue weighted by Crippen LogP contribution is 2.24. The van der Waals surface area contributed by atoms with Crippen molar-refractivity contribution >= 4 is 64.5 Å². The number of fused-ring (bicyclic) bond motifs is 1. The normalized spacial score (nSPS) is 16.7. The van der Waals surface area contributed by atoms with Gasteiger partial charge in [0.2, 0.25) is 5.91 Å². The van der Waals surface area contributed by atoms with E-state index in [1.165, 1.54) is 10.4 Å². The molecule has 30 heavy (non-hydrogen) atoms. The van der Waals surface area contributed by atoms with Crippen molar-refractivity contribution < 1.29 is 4.79 Å². The lowest BCUT2D eigenvalue weighted by molar-refractivity contribution is -0.130. The molecule has 1 aromatic carbocycles. The van der Waals surface area contributed by atoms with Gasteiger partial charge in [0, 0.05) is 61.9 Å². The lowest BCUT2D eigenvalue weighted by Crippen LogP contribution is -2.54. The third-order valence-electron chi connectivity index (χ3n) is 5.52. The Morgan fingerprint density at radius 3 is 2.70 bits per heavy atom. The molecule has 9 heteroatoms. The highest BCUT2D eigenvalue weighted by molar-refractivity contribution is 14.0. The smallest absolute Gasteiger partial charge is 0.242 e. The van der Waals surface area contributed by atoms with Crippen LogP contribution in [0.25, 0.3) is 0 Å². The van der Waals surface area contributed by atoms with Gasteiger partial charge in [-0.05, 0) is 41.6 Å². The van der Waals surface area contributed by atoms with Gasteiger partial charge in [-0.3, -0.25) is 9.79 Å². The number of carbonyl (C=O) groups excluding carboxylic acids is 1. The van der Waals surface area contributed by atoms with Crippen molar-refractivity contribution in [3.05, 3.63) is 51.2 Å². The van der Waals surface area contributed by atoms with Gasteiger partial charge in [-0.25, -0.2) is 0 Å². The lowest BCUT2D eigenvalue weighted by Gasteiger charge is -2.38. The number of benzene rings is 1. The number of thiophene rings is 1. The molecular formula is C21H27ClIN5OS. The van der Waals surface area contributed by atoms with E-state index in [-0.39, 0.29) is 36.4 Å². The molecule has 6 nitrogen and oxygen atoms in total. The first kappa shape index (κ1) is 23.1. The average molecular weight is 560 g/mol. The Kier molecular flexibility index (Phi) is 8.24. The van der Waals surface area contributed by atoms with E-state index in [4.69, 9.17) is 11.6 Å². The molecule has 0 atom stereocenters. The monoisotopic (exact) mass is 559 g/mol. The van der Waals surface area contributed by atoms with Crippen molar-refractivity contribution in [3.63, 3.8) is 0 Å². The second kappa shape index (κ2) is 10.7. The van der Waals surface area contributed by atoms with E-state index in [2.05, 4.69) is 37.6 Å². The third-order valence-corrected chi connectivity index (χ3v) is 6.78. The number of aliphatic imine (C=N–C) groups is 1. The molecule has 1 aromatic heterocycles. The molecule has 0 aliphatic carbocycles. The highest BCUT2D eigenvalue weighted by Gasteiger charge is 2.23. The van der Waals surface area contributed by atoms with E-state index in [1.807, 2.05) is 23.1 Å². The maximum Gasteiger partial charge on any atom is 0.242 e. The van der Waals surface area contributed by atoms with Gasteiger partial charge in [-0.15, -0.1) is 35.3 Å². The highest BCUT2D eigenvalue weighted by atomic mass is 127. The molecule has 4 rings (SSSR count). The Morgan fingerprint density at radius 2 is 1.97 bits per heavy atom. The molecule has 1 fully saturated rings. The molecule has 0 unspecified atom stereocenters. The number of anilines is 1. The largest absolute Gasteiger partial charge is 0.368 e. The number of nitrogens with zero attached hydrogens (tertiary/aromatic N) is 4. The second-order valence-corrected chi connectivity index (χ2v) is 8.73. The van der Waals surface area contributed by atoms with Crippen LogP contribution >= 0.6 is 46.9 Å². The van der Waals surface area contributed by atoms with Crippen LogP contribution in [0, 0.1) is 0 Å². The van der Waals surface area contributed by atoms with Gasteiger partial charge in [0.15, 0.2) is 5.96 Å². The summed E-state index contributed by atoms with van der Waals surface area (Å²) in [5.74, 6) is 0.915. The molecule has 1 N–H and O–H groups in total. The zero-order valence-corrected chi connectivity index (χ0v) is 20.9. The number of hydrogen-bond acceptors (Lipinski definition) is 4. The predicted molar refractivity (Wildman–Crippen MR) is 135 cm³/mol. The van der Waals surface area contributed by atoms with Gasteiger partial charge >= 0.3 is 0 Å². The van der Waals surface area contributed by atoms with Gasteiger partial charge in [0.1, 0.15) is 0 Å². The summed E-state index contributed by atoms with van der Waals surface area (Å²) in [6.45, 7) is 5.27. The zero-order chi connectivity index (χ0) is 20.2. The number of amides is 1. The summed E-state index contributed by atoms with van der Waals surface area (Å²) < 4.78 is 0. The molecule has 0 spiro atoms. The van der Waals surface area contributed by atoms with Gasteiger partial charge in [-0.2, -0.15) is 0 Å². The van der Waals surface area contributed by atoms with Crippen LogP contribution < -0.4 is 10.2 Å². The second-order valence-electron chi connectivity index (χ2n) is 7.29. The summed E-state index contributed by atoms with van der Waals surface area (Å²) in [5, 5.41) is 6.14. The molecule has 0 radical (unpaired) electrons. The molecule has 2 aromatic rings. The standard InChI is InChI=1S/C21H26ClN5OS.HI/c1-23-21(24-14-20(28)27-7-5-19-16(15-27)6-12-29-19)26-10-8-25(9-11-26)18-4-2-3-17(22)13-18;/h2-4,6,12-13H,5,7-11,14-15H2,1H3,(H,23,24);1H. The first-order chi connectivity index (χ1) is 14.1. The molecule has 0 bridgehead atoms. The molecule has 2 aliphatic heterocycles. The van der Waals surface area contributed by atoms with Crippen molar-refractivity contribution in [1.29, 1.82) is 0 Å². The van der Waals surface area contributed by atoms with Crippen LogP contribution in [0.4, 0.5) is 5.69 Å². The quantitative estimate of drug-likeness (QED) is 0.356. The fourth-order valence-electron chi connectivity index (χ4n) is 3.91. The predicted octanol–water partition coefficient (Wildman–Crippen LogP) is 3.30. The van der Waals surface area contributed by atoms with E-state index >= 15 is 0 Å². The van der Waals surface area contributed by atoms with Crippen LogP contribution in [-0.4, -0.2) is 68.0 Å². The van der Waals surface area contributed by atoms with E-state index in [9.17, 15) is 4.79 Å². The maximum atomic E-state index is 12.7. The Labute approximate surface area is 203 Å². The Morgan fingerprint density at radius 1 is 1.17 bits per heavy atom. The first-order valence-corrected chi connectivity index (χ1v) is 11.2. The Hall–Kier alpha value is -1.52. The first-order valence-electron chi connectivity index (χ1n) is 9.93. The summed E-state index contributed by atoms with van der Waals surface area (Å²) in [4.78, 5) is 25.0. The van der Waals surface area contributed by atoms with Crippen molar-refractivity contribution in [2.45, 2.75) is 13.0 Å². The number of hydrogen-bond donors (Lipinski definition) is 1. The number of halogens is 2. The minimum atomic E-state index is 0. The van der Waals surface area contributed by atoms with Crippen LogP contribution in [-0.2, 0) is 17.8 Å². The summed E-state index contributed by atoms with van der Waals surface area (Å²) >= 11 is 7.91. The molecule has 162 valence electrons.